The Morgan fingerprint density at radius 2 is 1.46 bits per heavy atom. The lowest BCUT2D eigenvalue weighted by Gasteiger charge is -1.90. The van der Waals surface area contributed by atoms with Crippen molar-refractivity contribution in [2.45, 2.75) is 0 Å². The van der Waals surface area contributed by atoms with E-state index in [9.17, 15) is 0 Å². The molecule has 13 heavy (non-hydrogen) atoms. The van der Waals surface area contributed by atoms with E-state index < -0.39 is 0 Å². The molecule has 0 saturated heterocycles. The number of nitrogen functional groups attached to an aromatic ring is 2. The summed E-state index contributed by atoms with van der Waals surface area (Å²) in [4.78, 5) is 6.59. The predicted molar refractivity (Wildman–Crippen MR) is 53.9 cm³/mol. The number of aromatic amines is 1. The summed E-state index contributed by atoms with van der Waals surface area (Å²) in [5.74, 6) is 0.926. The zero-order valence-corrected chi connectivity index (χ0v) is 7.14. The molecule has 0 aliphatic carbocycles. The predicted octanol–water partition coefficient (Wildman–Crippen LogP) is 1.26. The highest BCUT2D eigenvalue weighted by atomic mass is 14.9. The summed E-state index contributed by atoms with van der Waals surface area (Å²) in [7, 11) is 0. The molecule has 0 unspecified atom stereocenters. The van der Waals surface area contributed by atoms with E-state index in [1.54, 1.807) is 18.2 Å². The van der Waals surface area contributed by atoms with Gasteiger partial charge in [-0.3, -0.25) is 0 Å². The van der Waals surface area contributed by atoms with Gasteiger partial charge in [-0.25, -0.2) is 4.98 Å². The number of aromatic nitrogens is 2. The summed E-state index contributed by atoms with van der Waals surface area (Å²) in [5, 5.41) is 0. The normalized spacial score (nSPS) is 8.62. The third kappa shape index (κ3) is 3.81. The van der Waals surface area contributed by atoms with Crippen LogP contribution in [0.4, 0.5) is 11.6 Å². The molecule has 0 aliphatic heterocycles. The molecular weight excluding hydrogens is 164 g/mol. The molecule has 2 aromatic rings. The molecule has 68 valence electrons. The quantitative estimate of drug-likeness (QED) is 0.565. The van der Waals surface area contributed by atoms with Crippen molar-refractivity contribution in [2.24, 2.45) is 0 Å². The van der Waals surface area contributed by atoms with Crippen LogP contribution in [0.2, 0.25) is 0 Å². The van der Waals surface area contributed by atoms with Crippen molar-refractivity contribution in [3.63, 3.8) is 0 Å². The van der Waals surface area contributed by atoms with E-state index in [2.05, 4.69) is 9.97 Å². The van der Waals surface area contributed by atoms with Crippen LogP contribution >= 0.6 is 0 Å². The molecular formula is C9H12N4. The Morgan fingerprint density at radius 3 is 1.69 bits per heavy atom. The Kier molecular flexibility index (Phi) is 3.38. The summed E-state index contributed by atoms with van der Waals surface area (Å²) in [6.45, 7) is 0. The van der Waals surface area contributed by atoms with Gasteiger partial charge in [0.15, 0.2) is 0 Å². The molecule has 0 radical (unpaired) electrons. The van der Waals surface area contributed by atoms with Crippen molar-refractivity contribution in [1.82, 2.24) is 9.97 Å². The minimum absolute atomic E-state index is 0.463. The van der Waals surface area contributed by atoms with Gasteiger partial charge in [-0.1, -0.05) is 6.07 Å². The van der Waals surface area contributed by atoms with Crippen LogP contribution in [0.15, 0.2) is 42.7 Å². The molecule has 2 rings (SSSR count). The van der Waals surface area contributed by atoms with E-state index in [1.165, 1.54) is 0 Å². The average Bonchev–Trinajstić information content (AvgIpc) is 2.59. The van der Waals surface area contributed by atoms with Gasteiger partial charge in [0.2, 0.25) is 0 Å². The van der Waals surface area contributed by atoms with Crippen molar-refractivity contribution < 1.29 is 0 Å². The number of hydrogen-bond acceptors (Lipinski definition) is 3. The number of nitrogens with two attached hydrogens (primary N) is 2. The summed E-state index contributed by atoms with van der Waals surface area (Å²) in [5.41, 5.74) is 10.5. The number of hydrogen-bond donors (Lipinski definition) is 3. The van der Waals surface area contributed by atoms with Crippen LogP contribution in [0.5, 0.6) is 0 Å². The lowest BCUT2D eigenvalue weighted by atomic mass is 10.4. The molecule has 0 spiro atoms. The maximum Gasteiger partial charge on any atom is 0.125 e. The van der Waals surface area contributed by atoms with Crippen molar-refractivity contribution in [3.8, 4) is 0 Å². The van der Waals surface area contributed by atoms with Crippen LogP contribution in [0.25, 0.3) is 0 Å². The van der Waals surface area contributed by atoms with E-state index in [1.807, 2.05) is 24.5 Å². The highest BCUT2D eigenvalue weighted by molar-refractivity contribution is 5.37. The number of rotatable bonds is 0. The van der Waals surface area contributed by atoms with Gasteiger partial charge in [0.25, 0.3) is 0 Å². The standard InChI is InChI=1S/C5H7N3.C4H5N/c6-4-2-1-3-5(7)8-4;1-2-4-5-3-1/h1-3H,(H4,6,7,8);1-5H. The van der Waals surface area contributed by atoms with Crippen molar-refractivity contribution in [2.75, 3.05) is 11.5 Å². The maximum atomic E-state index is 5.27. The van der Waals surface area contributed by atoms with Gasteiger partial charge in [-0.2, -0.15) is 0 Å². The Bertz CT molecular complexity index is 295. The Balaban J connectivity index is 0.000000145. The summed E-state index contributed by atoms with van der Waals surface area (Å²) < 4.78 is 0. The molecule has 2 heterocycles. The monoisotopic (exact) mass is 176 g/mol. The molecule has 0 saturated carbocycles. The SMILES string of the molecule is Nc1cccc(N)n1.c1cc[nH]c1. The number of H-pyrrole nitrogens is 1. The molecule has 0 fully saturated rings. The lowest BCUT2D eigenvalue weighted by Crippen LogP contribution is -1.93. The van der Waals surface area contributed by atoms with Crippen molar-refractivity contribution in [3.05, 3.63) is 42.7 Å². The fraction of sp³-hybridized carbons (Fsp3) is 0. The van der Waals surface area contributed by atoms with Crippen LogP contribution in [0.1, 0.15) is 0 Å². The number of anilines is 2. The van der Waals surface area contributed by atoms with Crippen LogP contribution in [-0.2, 0) is 0 Å². The fourth-order valence-corrected chi connectivity index (χ4v) is 0.747. The Morgan fingerprint density at radius 1 is 0.923 bits per heavy atom. The van der Waals surface area contributed by atoms with Gasteiger partial charge >= 0.3 is 0 Å². The molecule has 5 N–H and O–H groups in total. The minimum atomic E-state index is 0.463. The largest absolute Gasteiger partial charge is 0.384 e. The van der Waals surface area contributed by atoms with Gasteiger partial charge in [-0.05, 0) is 24.3 Å². The first kappa shape index (κ1) is 9.12. The van der Waals surface area contributed by atoms with Gasteiger partial charge in [-0.15, -0.1) is 0 Å². The van der Waals surface area contributed by atoms with Crippen molar-refractivity contribution in [1.29, 1.82) is 0 Å². The van der Waals surface area contributed by atoms with Gasteiger partial charge < -0.3 is 16.5 Å². The van der Waals surface area contributed by atoms with Crippen molar-refractivity contribution >= 4 is 11.6 Å². The van der Waals surface area contributed by atoms with E-state index in [-0.39, 0.29) is 0 Å². The molecule has 0 atom stereocenters. The highest BCUT2D eigenvalue weighted by Gasteiger charge is 1.83. The van der Waals surface area contributed by atoms with Crippen LogP contribution in [-0.4, -0.2) is 9.97 Å². The Labute approximate surface area is 76.6 Å². The number of nitrogens with zero attached hydrogens (tertiary/aromatic N) is 1. The average molecular weight is 176 g/mol. The first-order valence-corrected chi connectivity index (χ1v) is 3.85. The smallest absolute Gasteiger partial charge is 0.125 e. The second-order valence-corrected chi connectivity index (χ2v) is 2.37. The zero-order valence-electron chi connectivity index (χ0n) is 7.14. The molecule has 2 aromatic heterocycles. The van der Waals surface area contributed by atoms with Gasteiger partial charge in [0, 0.05) is 12.4 Å². The highest BCUT2D eigenvalue weighted by Crippen LogP contribution is 1.99. The third-order valence-corrected chi connectivity index (χ3v) is 1.29. The molecule has 0 amide bonds. The van der Waals surface area contributed by atoms with E-state index in [0.717, 1.165) is 0 Å². The van der Waals surface area contributed by atoms with Crippen LogP contribution in [0.3, 0.4) is 0 Å². The molecule has 0 bridgehead atoms. The Hall–Kier alpha value is -1.97. The minimum Gasteiger partial charge on any atom is -0.384 e. The number of pyridine rings is 1. The van der Waals surface area contributed by atoms with E-state index in [4.69, 9.17) is 11.5 Å². The topological polar surface area (TPSA) is 80.7 Å². The van der Waals surface area contributed by atoms with Gasteiger partial charge in [0.1, 0.15) is 11.6 Å². The third-order valence-electron chi connectivity index (χ3n) is 1.29. The second kappa shape index (κ2) is 4.82. The molecule has 4 nitrogen and oxygen atoms in total. The first-order chi connectivity index (χ1) is 6.29. The zero-order chi connectivity index (χ0) is 9.52. The van der Waals surface area contributed by atoms with Gasteiger partial charge in [0.05, 0.1) is 0 Å². The summed E-state index contributed by atoms with van der Waals surface area (Å²) in [6.07, 6.45) is 3.75. The lowest BCUT2D eigenvalue weighted by molar-refractivity contribution is 1.34. The molecule has 0 aromatic carbocycles. The summed E-state index contributed by atoms with van der Waals surface area (Å²) in [6, 6.07) is 9.03. The fourth-order valence-electron chi connectivity index (χ4n) is 0.747. The molecule has 4 heteroatoms. The van der Waals surface area contributed by atoms with Crippen LogP contribution < -0.4 is 11.5 Å². The summed E-state index contributed by atoms with van der Waals surface area (Å²) >= 11 is 0. The van der Waals surface area contributed by atoms with Crippen LogP contribution in [0, 0.1) is 0 Å². The second-order valence-electron chi connectivity index (χ2n) is 2.37. The van der Waals surface area contributed by atoms with E-state index in [0.29, 0.717) is 11.6 Å². The maximum absolute atomic E-state index is 5.27. The van der Waals surface area contributed by atoms with E-state index >= 15 is 0 Å². The first-order valence-electron chi connectivity index (χ1n) is 3.85. The number of nitrogens with one attached hydrogen (secondary N) is 1. The molecule has 0 aliphatic rings.